The first-order valence-corrected chi connectivity index (χ1v) is 7.68. The third kappa shape index (κ3) is 3.82. The number of nitrogens with zero attached hydrogens (tertiary/aromatic N) is 1. The molecule has 0 aromatic heterocycles. The molecule has 0 heterocycles. The summed E-state index contributed by atoms with van der Waals surface area (Å²) < 4.78 is 16.2. The molecule has 0 N–H and O–H groups in total. The van der Waals surface area contributed by atoms with Gasteiger partial charge in [-0.05, 0) is 37.6 Å². The Bertz CT molecular complexity index is 430. The van der Waals surface area contributed by atoms with Gasteiger partial charge in [-0.1, -0.05) is 19.3 Å². The van der Waals surface area contributed by atoms with E-state index >= 15 is 0 Å². The van der Waals surface area contributed by atoms with Crippen LogP contribution in [-0.2, 0) is 6.54 Å². The molecule has 0 radical (unpaired) electrons. The molecule has 4 nitrogen and oxygen atoms in total. The van der Waals surface area contributed by atoms with Gasteiger partial charge >= 0.3 is 0 Å². The highest BCUT2D eigenvalue weighted by Crippen LogP contribution is 2.38. The van der Waals surface area contributed by atoms with Gasteiger partial charge in [-0.15, -0.1) is 0 Å². The second-order valence-electron chi connectivity index (χ2n) is 5.74. The predicted octanol–water partition coefficient (Wildman–Crippen LogP) is 3.48. The Kier molecular flexibility index (Phi) is 5.74. The van der Waals surface area contributed by atoms with Gasteiger partial charge in [0.15, 0.2) is 11.5 Å². The third-order valence-corrected chi connectivity index (χ3v) is 4.35. The Morgan fingerprint density at radius 3 is 2.00 bits per heavy atom. The van der Waals surface area contributed by atoms with E-state index in [1.807, 2.05) is 12.1 Å². The van der Waals surface area contributed by atoms with Crippen LogP contribution in [0.15, 0.2) is 12.1 Å². The SMILES string of the molecule is COc1cc(CN(C)C2CCCCC2)cc(OC)c1OC. The van der Waals surface area contributed by atoms with Gasteiger partial charge in [0, 0.05) is 12.6 Å². The molecule has 1 fully saturated rings. The summed E-state index contributed by atoms with van der Waals surface area (Å²) in [5.41, 5.74) is 1.19. The van der Waals surface area contributed by atoms with Crippen LogP contribution in [0.3, 0.4) is 0 Å². The van der Waals surface area contributed by atoms with E-state index in [0.717, 1.165) is 18.0 Å². The zero-order valence-electron chi connectivity index (χ0n) is 13.6. The molecule has 2 rings (SSSR count). The fraction of sp³-hybridized carbons (Fsp3) is 0.647. The molecule has 21 heavy (non-hydrogen) atoms. The normalized spacial score (nSPS) is 16.0. The van der Waals surface area contributed by atoms with E-state index in [2.05, 4.69) is 11.9 Å². The van der Waals surface area contributed by atoms with Crippen LogP contribution in [0.5, 0.6) is 17.2 Å². The van der Waals surface area contributed by atoms with Crippen LogP contribution < -0.4 is 14.2 Å². The summed E-state index contributed by atoms with van der Waals surface area (Å²) >= 11 is 0. The van der Waals surface area contributed by atoms with Crippen molar-refractivity contribution in [3.05, 3.63) is 17.7 Å². The molecule has 0 atom stereocenters. The van der Waals surface area contributed by atoms with E-state index in [1.165, 1.54) is 37.7 Å². The van der Waals surface area contributed by atoms with Gasteiger partial charge in [0.1, 0.15) is 0 Å². The smallest absolute Gasteiger partial charge is 0.203 e. The van der Waals surface area contributed by atoms with Crippen molar-refractivity contribution in [2.45, 2.75) is 44.7 Å². The third-order valence-electron chi connectivity index (χ3n) is 4.35. The molecular weight excluding hydrogens is 266 g/mol. The molecule has 4 heteroatoms. The van der Waals surface area contributed by atoms with Crippen molar-refractivity contribution in [1.82, 2.24) is 4.90 Å². The van der Waals surface area contributed by atoms with Crippen LogP contribution in [0.25, 0.3) is 0 Å². The van der Waals surface area contributed by atoms with Crippen molar-refractivity contribution in [3.8, 4) is 17.2 Å². The number of hydrogen-bond acceptors (Lipinski definition) is 4. The van der Waals surface area contributed by atoms with Gasteiger partial charge in [-0.2, -0.15) is 0 Å². The molecule has 1 saturated carbocycles. The van der Waals surface area contributed by atoms with Gasteiger partial charge in [0.25, 0.3) is 0 Å². The lowest BCUT2D eigenvalue weighted by Crippen LogP contribution is -2.32. The van der Waals surface area contributed by atoms with Crippen LogP contribution in [-0.4, -0.2) is 39.3 Å². The molecule has 1 aromatic carbocycles. The maximum atomic E-state index is 5.42. The van der Waals surface area contributed by atoms with Gasteiger partial charge in [0.05, 0.1) is 21.3 Å². The van der Waals surface area contributed by atoms with Crippen molar-refractivity contribution >= 4 is 0 Å². The molecular formula is C17H27NO3. The Morgan fingerprint density at radius 1 is 0.952 bits per heavy atom. The van der Waals surface area contributed by atoms with E-state index < -0.39 is 0 Å². The van der Waals surface area contributed by atoms with E-state index in [4.69, 9.17) is 14.2 Å². The zero-order chi connectivity index (χ0) is 15.2. The van der Waals surface area contributed by atoms with Gasteiger partial charge in [0.2, 0.25) is 5.75 Å². The predicted molar refractivity (Wildman–Crippen MR) is 84.4 cm³/mol. The van der Waals surface area contributed by atoms with Gasteiger partial charge in [-0.25, -0.2) is 0 Å². The summed E-state index contributed by atoms with van der Waals surface area (Å²) in [5, 5.41) is 0. The quantitative estimate of drug-likeness (QED) is 0.803. The van der Waals surface area contributed by atoms with E-state index in [1.54, 1.807) is 21.3 Å². The summed E-state index contributed by atoms with van der Waals surface area (Å²) in [4.78, 5) is 2.44. The number of hydrogen-bond donors (Lipinski definition) is 0. The first kappa shape index (κ1) is 16.0. The highest BCUT2D eigenvalue weighted by molar-refractivity contribution is 5.53. The molecule has 0 aliphatic heterocycles. The average Bonchev–Trinajstić information content (AvgIpc) is 2.54. The summed E-state index contributed by atoms with van der Waals surface area (Å²) in [7, 11) is 7.16. The molecule has 0 amide bonds. The molecule has 0 unspecified atom stereocenters. The lowest BCUT2D eigenvalue weighted by Gasteiger charge is -2.31. The maximum absolute atomic E-state index is 5.42. The lowest BCUT2D eigenvalue weighted by atomic mass is 9.94. The average molecular weight is 293 g/mol. The standard InChI is InChI=1S/C17H27NO3/c1-18(14-8-6-5-7-9-14)12-13-10-15(19-2)17(21-4)16(11-13)20-3/h10-11,14H,5-9,12H2,1-4H3. The zero-order valence-corrected chi connectivity index (χ0v) is 13.6. The topological polar surface area (TPSA) is 30.9 Å². The first-order valence-electron chi connectivity index (χ1n) is 7.68. The highest BCUT2D eigenvalue weighted by atomic mass is 16.5. The fourth-order valence-electron chi connectivity index (χ4n) is 3.17. The van der Waals surface area contributed by atoms with Crippen LogP contribution in [0.1, 0.15) is 37.7 Å². The molecule has 0 bridgehead atoms. The number of methoxy groups -OCH3 is 3. The van der Waals surface area contributed by atoms with Crippen molar-refractivity contribution in [1.29, 1.82) is 0 Å². The van der Waals surface area contributed by atoms with E-state index in [-0.39, 0.29) is 0 Å². The fourth-order valence-corrected chi connectivity index (χ4v) is 3.17. The van der Waals surface area contributed by atoms with Crippen molar-refractivity contribution in [2.24, 2.45) is 0 Å². The van der Waals surface area contributed by atoms with E-state index in [0.29, 0.717) is 11.8 Å². The molecule has 1 aliphatic carbocycles. The Morgan fingerprint density at radius 2 is 1.52 bits per heavy atom. The summed E-state index contributed by atoms with van der Waals surface area (Å²) in [5.74, 6) is 2.11. The number of benzene rings is 1. The minimum atomic E-state index is 0.657. The minimum absolute atomic E-state index is 0.657. The molecule has 0 saturated heterocycles. The molecule has 1 aromatic rings. The Hall–Kier alpha value is -1.42. The summed E-state index contributed by atoms with van der Waals surface area (Å²) in [6.45, 7) is 0.904. The van der Waals surface area contributed by atoms with Crippen LogP contribution in [0, 0.1) is 0 Å². The van der Waals surface area contributed by atoms with Crippen LogP contribution in [0.2, 0.25) is 0 Å². The molecule has 1 aliphatic rings. The number of rotatable bonds is 6. The Balaban J connectivity index is 2.15. The summed E-state index contributed by atoms with van der Waals surface area (Å²) in [6, 6.07) is 4.78. The van der Waals surface area contributed by atoms with Gasteiger partial charge in [-0.3, -0.25) is 4.90 Å². The second kappa shape index (κ2) is 7.55. The minimum Gasteiger partial charge on any atom is -0.493 e. The monoisotopic (exact) mass is 293 g/mol. The first-order chi connectivity index (χ1) is 10.2. The van der Waals surface area contributed by atoms with Crippen LogP contribution in [0.4, 0.5) is 0 Å². The van der Waals surface area contributed by atoms with Gasteiger partial charge < -0.3 is 14.2 Å². The molecule has 118 valence electrons. The second-order valence-corrected chi connectivity index (χ2v) is 5.74. The molecule has 0 spiro atoms. The number of ether oxygens (including phenoxy) is 3. The Labute approximate surface area is 128 Å². The maximum Gasteiger partial charge on any atom is 0.203 e. The summed E-state index contributed by atoms with van der Waals surface area (Å²) in [6.07, 6.45) is 6.70. The van der Waals surface area contributed by atoms with Crippen molar-refractivity contribution in [3.63, 3.8) is 0 Å². The van der Waals surface area contributed by atoms with Crippen LogP contribution >= 0.6 is 0 Å². The van der Waals surface area contributed by atoms with E-state index in [9.17, 15) is 0 Å². The largest absolute Gasteiger partial charge is 0.493 e. The van der Waals surface area contributed by atoms with Crippen molar-refractivity contribution < 1.29 is 14.2 Å². The lowest BCUT2D eigenvalue weighted by molar-refractivity contribution is 0.184. The highest BCUT2D eigenvalue weighted by Gasteiger charge is 2.19. The van der Waals surface area contributed by atoms with Crippen molar-refractivity contribution in [2.75, 3.05) is 28.4 Å².